The molecule has 7 heteroatoms. The van der Waals surface area contributed by atoms with Crippen LogP contribution in [0, 0.1) is 5.41 Å². The number of hydrogen-bond donors (Lipinski definition) is 3. The normalized spacial score (nSPS) is 14.8. The maximum absolute atomic E-state index is 11.9. The van der Waals surface area contributed by atoms with E-state index in [1.165, 1.54) is 11.3 Å². The van der Waals surface area contributed by atoms with Gasteiger partial charge in [-0.15, -0.1) is 11.3 Å². The van der Waals surface area contributed by atoms with E-state index >= 15 is 0 Å². The van der Waals surface area contributed by atoms with Crippen LogP contribution in [0.2, 0.25) is 0 Å². The second-order valence-electron chi connectivity index (χ2n) is 5.11. The van der Waals surface area contributed by atoms with Gasteiger partial charge in [-0.1, -0.05) is 13.0 Å². The van der Waals surface area contributed by atoms with Gasteiger partial charge >= 0.3 is 5.97 Å². The third-order valence-corrected chi connectivity index (χ3v) is 4.30. The zero-order valence-corrected chi connectivity index (χ0v) is 13.1. The van der Waals surface area contributed by atoms with Gasteiger partial charge in [0.25, 0.3) is 5.91 Å². The lowest BCUT2D eigenvalue weighted by Crippen LogP contribution is -2.48. The number of hydrogen-bond acceptors (Lipinski definition) is 4. The van der Waals surface area contributed by atoms with Crippen molar-refractivity contribution in [1.82, 2.24) is 10.6 Å². The molecule has 0 aliphatic heterocycles. The molecule has 2 unspecified atom stereocenters. The van der Waals surface area contributed by atoms with Crippen molar-refractivity contribution in [3.05, 3.63) is 22.4 Å². The first-order valence-electron chi connectivity index (χ1n) is 6.65. The van der Waals surface area contributed by atoms with E-state index in [2.05, 4.69) is 10.6 Å². The van der Waals surface area contributed by atoms with Crippen LogP contribution in [0.25, 0.3) is 0 Å². The van der Waals surface area contributed by atoms with Gasteiger partial charge in [-0.2, -0.15) is 0 Å². The van der Waals surface area contributed by atoms with Crippen LogP contribution >= 0.6 is 11.3 Å². The van der Waals surface area contributed by atoms with Crippen LogP contribution < -0.4 is 10.6 Å². The maximum Gasteiger partial charge on any atom is 0.311 e. The molecule has 1 aromatic heterocycles. The van der Waals surface area contributed by atoms with Gasteiger partial charge < -0.3 is 15.7 Å². The molecule has 6 nitrogen and oxygen atoms in total. The largest absolute Gasteiger partial charge is 0.481 e. The van der Waals surface area contributed by atoms with E-state index in [1.807, 2.05) is 0 Å². The Balaban J connectivity index is 2.52. The highest BCUT2D eigenvalue weighted by molar-refractivity contribution is 7.12. The van der Waals surface area contributed by atoms with Crippen molar-refractivity contribution in [2.75, 3.05) is 6.54 Å². The summed E-state index contributed by atoms with van der Waals surface area (Å²) >= 11 is 1.29. The minimum absolute atomic E-state index is 0.0247. The third kappa shape index (κ3) is 4.56. The Hall–Kier alpha value is -1.89. The summed E-state index contributed by atoms with van der Waals surface area (Å²) in [6, 6.07) is 2.70. The Labute approximate surface area is 127 Å². The summed E-state index contributed by atoms with van der Waals surface area (Å²) in [5, 5.41) is 16.1. The van der Waals surface area contributed by atoms with E-state index in [0.717, 1.165) is 0 Å². The summed E-state index contributed by atoms with van der Waals surface area (Å²) in [6.07, 6.45) is 0.401. The molecule has 2 amide bonds. The molecule has 0 radical (unpaired) electrons. The average Bonchev–Trinajstić information content (AvgIpc) is 2.98. The molecule has 1 rings (SSSR count). The highest BCUT2D eigenvalue weighted by atomic mass is 32.1. The van der Waals surface area contributed by atoms with E-state index in [0.29, 0.717) is 11.3 Å². The van der Waals surface area contributed by atoms with Crippen LogP contribution in [-0.4, -0.2) is 35.5 Å². The predicted molar refractivity (Wildman–Crippen MR) is 80.3 cm³/mol. The van der Waals surface area contributed by atoms with Gasteiger partial charge in [0, 0.05) is 6.54 Å². The summed E-state index contributed by atoms with van der Waals surface area (Å²) < 4.78 is 0. The van der Waals surface area contributed by atoms with Crippen LogP contribution in [0.1, 0.15) is 36.9 Å². The van der Waals surface area contributed by atoms with Crippen molar-refractivity contribution in [1.29, 1.82) is 0 Å². The fraction of sp³-hybridized carbons (Fsp3) is 0.500. The predicted octanol–water partition coefficient (Wildman–Crippen LogP) is 1.48. The van der Waals surface area contributed by atoms with Crippen molar-refractivity contribution in [3.63, 3.8) is 0 Å². The Morgan fingerprint density at radius 2 is 2.10 bits per heavy atom. The molecule has 1 aromatic rings. The number of carbonyl (C=O) groups excluding carboxylic acids is 2. The number of carboxylic acid groups (broad SMARTS) is 1. The monoisotopic (exact) mass is 312 g/mol. The molecule has 0 aromatic carbocycles. The van der Waals surface area contributed by atoms with E-state index in [9.17, 15) is 14.4 Å². The van der Waals surface area contributed by atoms with Gasteiger partial charge in [-0.25, -0.2) is 0 Å². The van der Waals surface area contributed by atoms with Gasteiger partial charge in [0.05, 0.1) is 10.3 Å². The quantitative estimate of drug-likeness (QED) is 0.710. The molecule has 0 saturated carbocycles. The molecule has 0 bridgehead atoms. The average molecular weight is 312 g/mol. The molecule has 116 valence electrons. The lowest BCUT2D eigenvalue weighted by Gasteiger charge is -2.24. The van der Waals surface area contributed by atoms with Gasteiger partial charge in [-0.3, -0.25) is 14.4 Å². The zero-order valence-electron chi connectivity index (χ0n) is 12.3. The maximum atomic E-state index is 11.9. The highest BCUT2D eigenvalue weighted by Gasteiger charge is 2.32. The highest BCUT2D eigenvalue weighted by Crippen LogP contribution is 2.19. The molecule has 1 heterocycles. The van der Waals surface area contributed by atoms with Crippen molar-refractivity contribution in [2.45, 2.75) is 33.2 Å². The molecule has 2 atom stereocenters. The number of carboxylic acids is 1. The molecule has 0 spiro atoms. The lowest BCUT2D eigenvalue weighted by atomic mass is 9.87. The van der Waals surface area contributed by atoms with Crippen LogP contribution in [0.5, 0.6) is 0 Å². The smallest absolute Gasteiger partial charge is 0.311 e. The Morgan fingerprint density at radius 1 is 1.43 bits per heavy atom. The van der Waals surface area contributed by atoms with Crippen LogP contribution in [-0.2, 0) is 9.59 Å². The van der Waals surface area contributed by atoms with Gasteiger partial charge in [0.15, 0.2) is 0 Å². The standard InChI is InChI=1S/C14H20N2O4S/c1-4-14(3,13(19)20)8-15-11(17)9(2)16-12(18)10-6-5-7-21-10/h5-7,9H,4,8H2,1-3H3,(H,15,17)(H,16,18)(H,19,20). The number of nitrogens with one attached hydrogen (secondary N) is 2. The Kier molecular flexibility index (Phi) is 5.90. The van der Waals surface area contributed by atoms with Crippen molar-refractivity contribution >= 4 is 29.1 Å². The number of carbonyl (C=O) groups is 3. The molecule has 0 fully saturated rings. The van der Waals surface area contributed by atoms with Gasteiger partial charge in [-0.05, 0) is 31.7 Å². The van der Waals surface area contributed by atoms with E-state index < -0.39 is 23.3 Å². The summed E-state index contributed by atoms with van der Waals surface area (Å²) in [5.74, 6) is -1.68. The number of rotatable bonds is 7. The number of aliphatic carboxylic acids is 1. The number of thiophene rings is 1. The molecule has 0 saturated heterocycles. The van der Waals surface area contributed by atoms with E-state index in [-0.39, 0.29) is 12.5 Å². The first-order valence-corrected chi connectivity index (χ1v) is 7.53. The minimum atomic E-state index is -1.01. The fourth-order valence-corrected chi connectivity index (χ4v) is 2.16. The molecular formula is C14H20N2O4S. The molecule has 3 N–H and O–H groups in total. The summed E-state index contributed by atoms with van der Waals surface area (Å²) in [5.41, 5.74) is -1.01. The summed E-state index contributed by atoms with van der Waals surface area (Å²) in [6.45, 7) is 4.91. The van der Waals surface area contributed by atoms with Crippen molar-refractivity contribution < 1.29 is 19.5 Å². The van der Waals surface area contributed by atoms with Gasteiger partial charge in [0.2, 0.25) is 5.91 Å². The second kappa shape index (κ2) is 7.21. The van der Waals surface area contributed by atoms with Crippen molar-refractivity contribution in [3.8, 4) is 0 Å². The van der Waals surface area contributed by atoms with Crippen LogP contribution in [0.3, 0.4) is 0 Å². The van der Waals surface area contributed by atoms with Crippen molar-refractivity contribution in [2.24, 2.45) is 5.41 Å². The zero-order chi connectivity index (χ0) is 16.0. The lowest BCUT2D eigenvalue weighted by molar-refractivity contribution is -0.148. The molecule has 21 heavy (non-hydrogen) atoms. The summed E-state index contributed by atoms with van der Waals surface area (Å²) in [7, 11) is 0. The second-order valence-corrected chi connectivity index (χ2v) is 6.06. The first-order chi connectivity index (χ1) is 9.80. The number of amides is 2. The fourth-order valence-electron chi connectivity index (χ4n) is 1.53. The topological polar surface area (TPSA) is 95.5 Å². The first kappa shape index (κ1) is 17.2. The van der Waals surface area contributed by atoms with Gasteiger partial charge in [0.1, 0.15) is 6.04 Å². The molecular weight excluding hydrogens is 292 g/mol. The van der Waals surface area contributed by atoms with Crippen LogP contribution in [0.4, 0.5) is 0 Å². The van der Waals surface area contributed by atoms with E-state index in [4.69, 9.17) is 5.11 Å². The Morgan fingerprint density at radius 3 is 2.57 bits per heavy atom. The SMILES string of the molecule is CCC(C)(CNC(=O)C(C)NC(=O)c1cccs1)C(=O)O. The van der Waals surface area contributed by atoms with E-state index in [1.54, 1.807) is 38.3 Å². The molecule has 0 aliphatic carbocycles. The van der Waals surface area contributed by atoms with Crippen LogP contribution in [0.15, 0.2) is 17.5 Å². The Bertz CT molecular complexity index is 515. The minimum Gasteiger partial charge on any atom is -0.481 e. The third-order valence-electron chi connectivity index (χ3n) is 3.44. The molecule has 0 aliphatic rings. The summed E-state index contributed by atoms with van der Waals surface area (Å²) in [4.78, 5) is 35.4.